The lowest BCUT2D eigenvalue weighted by molar-refractivity contribution is 0.435. The van der Waals surface area contributed by atoms with Crippen molar-refractivity contribution in [1.82, 2.24) is 15.5 Å². The molecule has 1 N–H and O–H groups in total. The predicted octanol–water partition coefficient (Wildman–Crippen LogP) is 3.34. The highest BCUT2D eigenvalue weighted by Gasteiger charge is 2.09. The number of nitrogens with one attached hydrogen (secondary N) is 1. The highest BCUT2D eigenvalue weighted by atomic mass is 79.9. The van der Waals surface area contributed by atoms with E-state index in [1.54, 1.807) is 12.1 Å². The molecule has 0 atom stereocenters. The van der Waals surface area contributed by atoms with Crippen LogP contribution in [0.1, 0.15) is 11.9 Å². The molecule has 96 valence electrons. The minimum absolute atomic E-state index is 0.143. The second kappa shape index (κ2) is 6.21. The molecule has 0 aliphatic carbocycles. The molecular formula is C11H11BrFN3OS. The van der Waals surface area contributed by atoms with Crippen LogP contribution in [0.2, 0.25) is 0 Å². The van der Waals surface area contributed by atoms with E-state index in [1.807, 2.05) is 6.92 Å². The van der Waals surface area contributed by atoms with Gasteiger partial charge in [-0.1, -0.05) is 39.3 Å². The summed E-state index contributed by atoms with van der Waals surface area (Å²) in [5, 5.41) is 12.1. The third-order valence-corrected chi connectivity index (χ3v) is 3.36. The molecule has 18 heavy (non-hydrogen) atoms. The molecule has 2 rings (SSSR count). The molecule has 0 saturated heterocycles. The van der Waals surface area contributed by atoms with Crippen LogP contribution >= 0.6 is 27.3 Å². The molecule has 2 aromatic rings. The third-order valence-electron chi connectivity index (χ3n) is 2.07. The fourth-order valence-electron chi connectivity index (χ4n) is 1.23. The first kappa shape index (κ1) is 13.4. The largest absolute Gasteiger partial charge is 0.427 e. The van der Waals surface area contributed by atoms with Gasteiger partial charge in [0.15, 0.2) is 11.6 Å². The molecule has 0 bridgehead atoms. The van der Waals surface area contributed by atoms with Gasteiger partial charge in [-0.15, -0.1) is 5.10 Å². The highest BCUT2D eigenvalue weighted by Crippen LogP contribution is 2.28. The SMILES string of the molecule is CCNCc1nnc(Oc2ccc(Br)cc2F)s1. The molecule has 0 amide bonds. The summed E-state index contributed by atoms with van der Waals surface area (Å²) in [6, 6.07) is 4.60. The van der Waals surface area contributed by atoms with E-state index in [2.05, 4.69) is 31.4 Å². The van der Waals surface area contributed by atoms with Crippen molar-refractivity contribution in [2.24, 2.45) is 0 Å². The standard InChI is InChI=1S/C11H11BrFN3OS/c1-2-14-6-10-15-16-11(18-10)17-9-4-3-7(12)5-8(9)13/h3-5,14H,2,6H2,1H3. The molecule has 4 nitrogen and oxygen atoms in total. The Morgan fingerprint density at radius 1 is 1.44 bits per heavy atom. The lowest BCUT2D eigenvalue weighted by Crippen LogP contribution is -2.11. The lowest BCUT2D eigenvalue weighted by Gasteiger charge is -2.02. The van der Waals surface area contributed by atoms with E-state index in [-0.39, 0.29) is 5.75 Å². The summed E-state index contributed by atoms with van der Waals surface area (Å²) in [7, 11) is 0. The first-order valence-corrected chi connectivity index (χ1v) is 6.96. The van der Waals surface area contributed by atoms with Crippen molar-refractivity contribution < 1.29 is 9.13 Å². The van der Waals surface area contributed by atoms with E-state index in [1.165, 1.54) is 17.4 Å². The molecule has 0 aliphatic rings. The monoisotopic (exact) mass is 331 g/mol. The Labute approximate surface area is 116 Å². The number of aromatic nitrogens is 2. The first-order valence-electron chi connectivity index (χ1n) is 5.35. The summed E-state index contributed by atoms with van der Waals surface area (Å²) in [6.45, 7) is 3.51. The second-order valence-corrected chi connectivity index (χ2v) is 5.36. The van der Waals surface area contributed by atoms with Crippen molar-refractivity contribution in [2.75, 3.05) is 6.54 Å². The van der Waals surface area contributed by atoms with Gasteiger partial charge in [0.2, 0.25) is 0 Å². The van der Waals surface area contributed by atoms with Crippen LogP contribution in [0, 0.1) is 5.82 Å². The maximum absolute atomic E-state index is 13.5. The van der Waals surface area contributed by atoms with Gasteiger partial charge >= 0.3 is 0 Å². The number of rotatable bonds is 5. The van der Waals surface area contributed by atoms with Crippen molar-refractivity contribution in [3.8, 4) is 10.9 Å². The summed E-state index contributed by atoms with van der Waals surface area (Å²) in [4.78, 5) is 0. The quantitative estimate of drug-likeness (QED) is 0.912. The topological polar surface area (TPSA) is 47.0 Å². The molecule has 7 heteroatoms. The number of halogens is 2. The van der Waals surface area contributed by atoms with Gasteiger partial charge in [-0.3, -0.25) is 0 Å². The molecule has 1 heterocycles. The Hall–Kier alpha value is -1.05. The van der Waals surface area contributed by atoms with Crippen LogP contribution in [-0.4, -0.2) is 16.7 Å². The summed E-state index contributed by atoms with van der Waals surface area (Å²) in [5.41, 5.74) is 0. The van der Waals surface area contributed by atoms with Gasteiger partial charge in [-0.2, -0.15) is 0 Å². The maximum atomic E-state index is 13.5. The second-order valence-electron chi connectivity index (χ2n) is 3.42. The Kier molecular flexibility index (Phi) is 4.62. The van der Waals surface area contributed by atoms with Gasteiger partial charge in [-0.05, 0) is 24.7 Å². The van der Waals surface area contributed by atoms with Crippen LogP contribution in [0.5, 0.6) is 10.9 Å². The molecule has 1 aromatic heterocycles. The summed E-state index contributed by atoms with van der Waals surface area (Å²) >= 11 is 4.48. The van der Waals surface area contributed by atoms with Crippen LogP contribution in [0.15, 0.2) is 22.7 Å². The van der Waals surface area contributed by atoms with Crippen LogP contribution in [-0.2, 0) is 6.54 Å². The van der Waals surface area contributed by atoms with Gasteiger partial charge in [0, 0.05) is 11.0 Å². The summed E-state index contributed by atoms with van der Waals surface area (Å²) in [5.74, 6) is -0.294. The van der Waals surface area contributed by atoms with Crippen molar-refractivity contribution >= 4 is 27.3 Å². The van der Waals surface area contributed by atoms with Crippen molar-refractivity contribution in [2.45, 2.75) is 13.5 Å². The maximum Gasteiger partial charge on any atom is 0.299 e. The van der Waals surface area contributed by atoms with Crippen LogP contribution < -0.4 is 10.1 Å². The molecular weight excluding hydrogens is 321 g/mol. The minimum Gasteiger partial charge on any atom is -0.427 e. The number of benzene rings is 1. The molecule has 0 spiro atoms. The van der Waals surface area contributed by atoms with E-state index in [4.69, 9.17) is 4.74 Å². The summed E-state index contributed by atoms with van der Waals surface area (Å²) in [6.07, 6.45) is 0. The zero-order valence-electron chi connectivity index (χ0n) is 9.61. The highest BCUT2D eigenvalue weighted by molar-refractivity contribution is 9.10. The smallest absolute Gasteiger partial charge is 0.299 e. The normalized spacial score (nSPS) is 10.6. The lowest BCUT2D eigenvalue weighted by atomic mass is 10.3. The van der Waals surface area contributed by atoms with Crippen LogP contribution in [0.25, 0.3) is 0 Å². The Morgan fingerprint density at radius 3 is 3.00 bits per heavy atom. The Balaban J connectivity index is 2.06. The molecule has 0 radical (unpaired) electrons. The van der Waals surface area contributed by atoms with Gasteiger partial charge in [0.05, 0.1) is 0 Å². The van der Waals surface area contributed by atoms with E-state index >= 15 is 0 Å². The minimum atomic E-state index is -0.437. The molecule has 1 aromatic carbocycles. The fourth-order valence-corrected chi connectivity index (χ4v) is 2.24. The zero-order valence-corrected chi connectivity index (χ0v) is 12.0. The Morgan fingerprint density at radius 2 is 2.28 bits per heavy atom. The Bertz CT molecular complexity index is 535. The van der Waals surface area contributed by atoms with Crippen molar-refractivity contribution in [3.63, 3.8) is 0 Å². The summed E-state index contributed by atoms with van der Waals surface area (Å²) < 4.78 is 19.5. The van der Waals surface area contributed by atoms with Gasteiger partial charge in [0.25, 0.3) is 5.19 Å². The van der Waals surface area contributed by atoms with Gasteiger partial charge in [0.1, 0.15) is 5.01 Å². The van der Waals surface area contributed by atoms with E-state index < -0.39 is 5.82 Å². The number of hydrogen-bond donors (Lipinski definition) is 1. The molecule has 0 aliphatic heterocycles. The molecule has 0 saturated carbocycles. The number of nitrogens with zero attached hydrogens (tertiary/aromatic N) is 2. The van der Waals surface area contributed by atoms with Crippen molar-refractivity contribution in [3.05, 3.63) is 33.5 Å². The van der Waals surface area contributed by atoms with E-state index in [9.17, 15) is 4.39 Å². The first-order chi connectivity index (χ1) is 8.69. The number of ether oxygens (including phenoxy) is 1. The van der Waals surface area contributed by atoms with Crippen LogP contribution in [0.3, 0.4) is 0 Å². The van der Waals surface area contributed by atoms with Gasteiger partial charge in [-0.25, -0.2) is 4.39 Å². The van der Waals surface area contributed by atoms with Gasteiger partial charge < -0.3 is 10.1 Å². The fraction of sp³-hybridized carbons (Fsp3) is 0.273. The van der Waals surface area contributed by atoms with E-state index in [0.29, 0.717) is 16.2 Å². The predicted molar refractivity (Wildman–Crippen MR) is 71.5 cm³/mol. The molecule has 0 fully saturated rings. The van der Waals surface area contributed by atoms with Crippen molar-refractivity contribution in [1.29, 1.82) is 0 Å². The average Bonchev–Trinajstić information content (AvgIpc) is 2.78. The van der Waals surface area contributed by atoms with Crippen LogP contribution in [0.4, 0.5) is 4.39 Å². The van der Waals surface area contributed by atoms with E-state index in [0.717, 1.165) is 11.6 Å². The average molecular weight is 332 g/mol. The zero-order chi connectivity index (χ0) is 13.0. The third kappa shape index (κ3) is 3.47. The molecule has 0 unspecified atom stereocenters. The number of hydrogen-bond acceptors (Lipinski definition) is 5.